The number of hydrogen-bond donors (Lipinski definition) is 3. The molecule has 1 saturated heterocycles. The summed E-state index contributed by atoms with van der Waals surface area (Å²) in [5.74, 6) is -3.08. The molecule has 2 aromatic rings. The van der Waals surface area contributed by atoms with Crippen molar-refractivity contribution in [2.45, 2.75) is 25.9 Å². The fourth-order valence-corrected chi connectivity index (χ4v) is 3.86. The van der Waals surface area contributed by atoms with Crippen LogP contribution in [0.1, 0.15) is 23.5 Å². The van der Waals surface area contributed by atoms with Gasteiger partial charge in [0, 0.05) is 30.4 Å². The van der Waals surface area contributed by atoms with E-state index >= 15 is 0 Å². The highest BCUT2D eigenvalue weighted by atomic mass is 32.1. The Bertz CT molecular complexity index is 811. The minimum Gasteiger partial charge on any atom is -0.473 e. The molecule has 2 aromatic heterocycles. The van der Waals surface area contributed by atoms with Crippen molar-refractivity contribution in [3.05, 3.63) is 46.5 Å². The molecule has 0 radical (unpaired) electrons. The Morgan fingerprint density at radius 1 is 1.10 bits per heavy atom. The first kappa shape index (κ1) is 24.1. The summed E-state index contributed by atoms with van der Waals surface area (Å²) in [6, 6.07) is 7.86. The van der Waals surface area contributed by atoms with Crippen LogP contribution in [0.4, 0.5) is 0 Å². The number of nitrogens with zero attached hydrogens (tertiary/aromatic N) is 2. The van der Waals surface area contributed by atoms with Gasteiger partial charge in [-0.1, -0.05) is 6.07 Å². The van der Waals surface area contributed by atoms with Gasteiger partial charge in [0.15, 0.2) is 0 Å². The fourth-order valence-electron chi connectivity index (χ4n) is 3.12. The lowest BCUT2D eigenvalue weighted by atomic mass is 9.96. The number of rotatable bonds is 7. The molecule has 3 heterocycles. The predicted molar refractivity (Wildman–Crippen MR) is 111 cm³/mol. The largest absolute Gasteiger partial charge is 0.473 e. The summed E-state index contributed by atoms with van der Waals surface area (Å²) < 4.78 is 5.44. The summed E-state index contributed by atoms with van der Waals surface area (Å²) >= 11 is 1.68. The average molecular weight is 452 g/mol. The zero-order chi connectivity index (χ0) is 22.8. The van der Waals surface area contributed by atoms with E-state index in [0.29, 0.717) is 45.6 Å². The zero-order valence-corrected chi connectivity index (χ0v) is 17.6. The molecule has 168 valence electrons. The normalized spacial score (nSPS) is 14.0. The van der Waals surface area contributed by atoms with E-state index in [0.717, 1.165) is 5.76 Å². The maximum absolute atomic E-state index is 12.7. The third kappa shape index (κ3) is 8.22. The third-order valence-electron chi connectivity index (χ3n) is 4.71. The highest BCUT2D eigenvalue weighted by Gasteiger charge is 2.27. The van der Waals surface area contributed by atoms with Crippen LogP contribution in [0.3, 0.4) is 0 Å². The van der Waals surface area contributed by atoms with Crippen molar-refractivity contribution < 1.29 is 33.8 Å². The third-order valence-corrected chi connectivity index (χ3v) is 5.57. The summed E-state index contributed by atoms with van der Waals surface area (Å²) in [7, 11) is 0. The number of furan rings is 1. The highest BCUT2D eigenvalue weighted by Crippen LogP contribution is 2.18. The van der Waals surface area contributed by atoms with Gasteiger partial charge in [-0.2, -0.15) is 0 Å². The Kier molecular flexibility index (Phi) is 9.22. The number of carbonyl (C=O) groups is 4. The molecule has 0 unspecified atom stereocenters. The van der Waals surface area contributed by atoms with Gasteiger partial charge in [0.2, 0.25) is 11.8 Å². The van der Waals surface area contributed by atoms with Crippen LogP contribution in [0.25, 0.3) is 0 Å². The number of thiophene rings is 1. The van der Waals surface area contributed by atoms with Crippen LogP contribution in [0, 0.1) is 5.92 Å². The van der Waals surface area contributed by atoms with E-state index in [1.165, 1.54) is 4.88 Å². The van der Waals surface area contributed by atoms with Crippen LogP contribution in [-0.2, 0) is 32.3 Å². The van der Waals surface area contributed by atoms with Crippen LogP contribution < -0.4 is 5.73 Å². The molecule has 4 N–H and O–H groups in total. The minimum atomic E-state index is -1.82. The van der Waals surface area contributed by atoms with Crippen LogP contribution in [-0.4, -0.2) is 63.4 Å². The quantitative estimate of drug-likeness (QED) is 0.531. The topological polar surface area (TPSA) is 154 Å². The summed E-state index contributed by atoms with van der Waals surface area (Å²) in [5, 5.41) is 16.8. The van der Waals surface area contributed by atoms with E-state index in [2.05, 4.69) is 11.0 Å². The van der Waals surface area contributed by atoms with Crippen molar-refractivity contribution in [3.63, 3.8) is 0 Å². The summed E-state index contributed by atoms with van der Waals surface area (Å²) in [4.78, 5) is 47.3. The standard InChI is InChI=1S/C18H23N3O3S.C2H2O4/c19-18(23)14-5-7-21(8-6-14)17(22)13-20(11-15-3-1-9-24-15)12-16-4-2-10-25-16;3-1(4)2(5)6/h1-4,9-10,14H,5-8,11-13H2,(H2,19,23);(H,3,4)(H,5,6). The van der Waals surface area contributed by atoms with E-state index in [1.807, 2.05) is 28.5 Å². The Labute approximate surface area is 182 Å². The molecule has 31 heavy (non-hydrogen) atoms. The molecule has 0 saturated carbocycles. The Morgan fingerprint density at radius 3 is 2.26 bits per heavy atom. The van der Waals surface area contributed by atoms with E-state index in [1.54, 1.807) is 17.6 Å². The lowest BCUT2D eigenvalue weighted by Crippen LogP contribution is -2.45. The minimum absolute atomic E-state index is 0.0889. The molecule has 0 aliphatic carbocycles. The van der Waals surface area contributed by atoms with Gasteiger partial charge in [-0.25, -0.2) is 9.59 Å². The number of hydrogen-bond acceptors (Lipinski definition) is 7. The lowest BCUT2D eigenvalue weighted by molar-refractivity contribution is -0.159. The van der Waals surface area contributed by atoms with E-state index in [-0.39, 0.29) is 17.7 Å². The molecule has 0 atom stereocenters. The van der Waals surface area contributed by atoms with Gasteiger partial charge in [0.25, 0.3) is 0 Å². The number of carbonyl (C=O) groups excluding carboxylic acids is 2. The first-order valence-electron chi connectivity index (χ1n) is 9.56. The summed E-state index contributed by atoms with van der Waals surface area (Å²) in [6.45, 7) is 2.83. The first-order valence-corrected chi connectivity index (χ1v) is 10.4. The number of nitrogens with two attached hydrogens (primary N) is 1. The molecule has 0 bridgehead atoms. The van der Waals surface area contributed by atoms with Crippen LogP contribution in [0.5, 0.6) is 0 Å². The number of carboxylic acids is 2. The van der Waals surface area contributed by atoms with E-state index in [4.69, 9.17) is 30.0 Å². The maximum Gasteiger partial charge on any atom is 0.414 e. The predicted octanol–water partition coefficient (Wildman–Crippen LogP) is 1.22. The van der Waals surface area contributed by atoms with Crippen LogP contribution in [0.2, 0.25) is 0 Å². The van der Waals surface area contributed by atoms with Crippen molar-refractivity contribution >= 4 is 35.1 Å². The van der Waals surface area contributed by atoms with Crippen LogP contribution >= 0.6 is 11.3 Å². The molecule has 1 aliphatic rings. The van der Waals surface area contributed by atoms with Gasteiger partial charge in [0.1, 0.15) is 5.76 Å². The zero-order valence-electron chi connectivity index (χ0n) is 16.8. The number of likely N-dealkylation sites (tertiary alicyclic amines) is 1. The van der Waals surface area contributed by atoms with E-state index in [9.17, 15) is 9.59 Å². The van der Waals surface area contributed by atoms with Gasteiger partial charge in [-0.15, -0.1) is 11.3 Å². The highest BCUT2D eigenvalue weighted by molar-refractivity contribution is 7.09. The first-order chi connectivity index (χ1) is 14.8. The molecule has 10 nitrogen and oxygen atoms in total. The van der Waals surface area contributed by atoms with Gasteiger partial charge in [0.05, 0.1) is 19.4 Å². The summed E-state index contributed by atoms with van der Waals surface area (Å²) in [5.41, 5.74) is 5.36. The number of primary amides is 1. The van der Waals surface area contributed by atoms with Crippen molar-refractivity contribution in [2.75, 3.05) is 19.6 Å². The number of carboxylic acid groups (broad SMARTS) is 2. The molecular formula is C20H25N3O7S. The second kappa shape index (κ2) is 11.9. The SMILES string of the molecule is NC(=O)C1CCN(C(=O)CN(Cc2ccco2)Cc2cccs2)CC1.O=C(O)C(=O)O. The number of amides is 2. The molecule has 1 fully saturated rings. The van der Waals surface area contributed by atoms with Crippen LogP contribution in [0.15, 0.2) is 40.3 Å². The Balaban J connectivity index is 0.000000501. The van der Waals surface area contributed by atoms with Crippen molar-refractivity contribution in [1.29, 1.82) is 0 Å². The van der Waals surface area contributed by atoms with Crippen molar-refractivity contribution in [3.8, 4) is 0 Å². The van der Waals surface area contributed by atoms with Gasteiger partial charge < -0.3 is 25.3 Å². The monoisotopic (exact) mass is 451 g/mol. The number of aliphatic carboxylic acids is 2. The van der Waals surface area contributed by atoms with E-state index < -0.39 is 11.9 Å². The smallest absolute Gasteiger partial charge is 0.414 e. The second-order valence-corrected chi connectivity index (χ2v) is 8.00. The second-order valence-electron chi connectivity index (χ2n) is 6.97. The number of piperidine rings is 1. The lowest BCUT2D eigenvalue weighted by Gasteiger charge is -2.32. The van der Waals surface area contributed by atoms with Gasteiger partial charge in [-0.05, 0) is 36.4 Å². The van der Waals surface area contributed by atoms with Crippen molar-refractivity contribution in [1.82, 2.24) is 9.80 Å². The average Bonchev–Trinajstić information content (AvgIpc) is 3.42. The molecule has 2 amide bonds. The Morgan fingerprint density at radius 2 is 1.77 bits per heavy atom. The maximum atomic E-state index is 12.7. The Hall–Kier alpha value is -3.18. The van der Waals surface area contributed by atoms with Gasteiger partial charge in [-0.3, -0.25) is 14.5 Å². The molecule has 0 spiro atoms. The molecule has 11 heteroatoms. The molecule has 0 aromatic carbocycles. The van der Waals surface area contributed by atoms with Gasteiger partial charge >= 0.3 is 11.9 Å². The molecule has 3 rings (SSSR count). The molecule has 1 aliphatic heterocycles. The van der Waals surface area contributed by atoms with Crippen molar-refractivity contribution in [2.24, 2.45) is 11.7 Å². The summed E-state index contributed by atoms with van der Waals surface area (Å²) in [6.07, 6.45) is 2.96. The fraction of sp³-hybridized carbons (Fsp3) is 0.400. The molecular weight excluding hydrogens is 426 g/mol.